The number of benzene rings is 2. The van der Waals surface area contributed by atoms with E-state index in [0.717, 1.165) is 12.8 Å². The molecule has 1 aliphatic heterocycles. The maximum Gasteiger partial charge on any atom is 0.251 e. The van der Waals surface area contributed by atoms with Crippen molar-refractivity contribution >= 4 is 15.9 Å². The molecule has 0 radical (unpaired) electrons. The second-order valence-corrected chi connectivity index (χ2v) is 8.06. The Labute approximate surface area is 157 Å². The van der Waals surface area contributed by atoms with Gasteiger partial charge in [-0.15, -0.1) is 0 Å². The van der Waals surface area contributed by atoms with Crippen LogP contribution in [0.1, 0.15) is 28.8 Å². The van der Waals surface area contributed by atoms with E-state index < -0.39 is 21.7 Å². The predicted molar refractivity (Wildman–Crippen MR) is 98.2 cm³/mol. The van der Waals surface area contributed by atoms with Gasteiger partial charge in [0.2, 0.25) is 10.0 Å². The molecule has 8 heteroatoms. The zero-order chi connectivity index (χ0) is 19.3. The van der Waals surface area contributed by atoms with Gasteiger partial charge in [-0.05, 0) is 37.1 Å². The lowest BCUT2D eigenvalue weighted by atomic mass is 10.2. The lowest BCUT2D eigenvalue weighted by molar-refractivity contribution is 0.0950. The van der Waals surface area contributed by atoms with Crippen molar-refractivity contribution < 1.29 is 22.3 Å². The van der Waals surface area contributed by atoms with E-state index in [2.05, 4.69) is 10.0 Å². The summed E-state index contributed by atoms with van der Waals surface area (Å²) in [4.78, 5) is 12.3. The summed E-state index contributed by atoms with van der Waals surface area (Å²) < 4.78 is 46.4. The van der Waals surface area contributed by atoms with Crippen molar-refractivity contribution in [3.63, 3.8) is 0 Å². The molecule has 1 aliphatic rings. The summed E-state index contributed by atoms with van der Waals surface area (Å²) in [6.07, 6.45) is 1.62. The fourth-order valence-corrected chi connectivity index (χ4v) is 3.93. The zero-order valence-electron chi connectivity index (χ0n) is 14.7. The van der Waals surface area contributed by atoms with Crippen molar-refractivity contribution in [1.29, 1.82) is 0 Å². The molecule has 0 aliphatic carbocycles. The molecule has 0 bridgehead atoms. The number of ether oxygens (including phenoxy) is 1. The number of hydrogen-bond donors (Lipinski definition) is 2. The first-order valence-corrected chi connectivity index (χ1v) is 10.2. The van der Waals surface area contributed by atoms with Crippen molar-refractivity contribution in [1.82, 2.24) is 10.0 Å². The molecule has 1 fully saturated rings. The summed E-state index contributed by atoms with van der Waals surface area (Å²) in [7, 11) is -3.75. The SMILES string of the molecule is O=C(NCc1ccccc1F)c1cccc(S(=O)(=O)NCC2CCCO2)c1. The smallest absolute Gasteiger partial charge is 0.251 e. The molecule has 144 valence electrons. The van der Waals surface area contributed by atoms with Gasteiger partial charge in [0.1, 0.15) is 5.82 Å². The average molecular weight is 392 g/mol. The highest BCUT2D eigenvalue weighted by Crippen LogP contribution is 2.15. The third-order valence-electron chi connectivity index (χ3n) is 4.33. The van der Waals surface area contributed by atoms with Gasteiger partial charge >= 0.3 is 0 Å². The molecular formula is C19H21FN2O4S. The monoisotopic (exact) mass is 392 g/mol. The van der Waals surface area contributed by atoms with Crippen LogP contribution in [0.15, 0.2) is 53.4 Å². The van der Waals surface area contributed by atoms with Crippen LogP contribution in [0.2, 0.25) is 0 Å². The number of sulfonamides is 1. The van der Waals surface area contributed by atoms with Gasteiger partial charge in [-0.3, -0.25) is 4.79 Å². The first kappa shape index (κ1) is 19.5. The minimum atomic E-state index is -3.75. The number of nitrogens with one attached hydrogen (secondary N) is 2. The molecule has 1 atom stereocenters. The molecule has 1 amide bonds. The van der Waals surface area contributed by atoms with Crippen LogP contribution < -0.4 is 10.0 Å². The Kier molecular flexibility index (Phi) is 6.20. The van der Waals surface area contributed by atoms with Crippen LogP contribution in [0.25, 0.3) is 0 Å². The van der Waals surface area contributed by atoms with E-state index >= 15 is 0 Å². The zero-order valence-corrected chi connectivity index (χ0v) is 15.5. The molecule has 2 aromatic carbocycles. The highest BCUT2D eigenvalue weighted by molar-refractivity contribution is 7.89. The maximum atomic E-state index is 13.6. The van der Waals surface area contributed by atoms with Gasteiger partial charge < -0.3 is 10.1 Å². The third-order valence-corrected chi connectivity index (χ3v) is 5.75. The van der Waals surface area contributed by atoms with E-state index in [1.807, 2.05) is 0 Å². The van der Waals surface area contributed by atoms with E-state index in [1.165, 1.54) is 30.3 Å². The van der Waals surface area contributed by atoms with Crippen molar-refractivity contribution in [3.05, 3.63) is 65.5 Å². The highest BCUT2D eigenvalue weighted by atomic mass is 32.2. The molecule has 0 saturated carbocycles. The Bertz CT molecular complexity index is 911. The van der Waals surface area contributed by atoms with Crippen molar-refractivity contribution in [2.24, 2.45) is 0 Å². The molecule has 0 aromatic heterocycles. The minimum Gasteiger partial charge on any atom is -0.377 e. The highest BCUT2D eigenvalue weighted by Gasteiger charge is 2.21. The fourth-order valence-electron chi connectivity index (χ4n) is 2.82. The van der Waals surface area contributed by atoms with E-state index in [9.17, 15) is 17.6 Å². The molecule has 1 heterocycles. The average Bonchev–Trinajstić information content (AvgIpc) is 3.19. The van der Waals surface area contributed by atoms with E-state index in [-0.39, 0.29) is 29.7 Å². The van der Waals surface area contributed by atoms with Crippen LogP contribution >= 0.6 is 0 Å². The second kappa shape index (κ2) is 8.60. The van der Waals surface area contributed by atoms with Gasteiger partial charge in [0, 0.05) is 30.8 Å². The van der Waals surface area contributed by atoms with Crippen LogP contribution in [-0.4, -0.2) is 33.6 Å². The third kappa shape index (κ3) is 5.12. The number of carbonyl (C=O) groups is 1. The number of hydrogen-bond acceptors (Lipinski definition) is 4. The molecule has 3 rings (SSSR count). The van der Waals surface area contributed by atoms with E-state index in [0.29, 0.717) is 12.2 Å². The van der Waals surface area contributed by atoms with E-state index in [4.69, 9.17) is 4.74 Å². The number of carbonyl (C=O) groups excluding carboxylic acids is 1. The summed E-state index contributed by atoms with van der Waals surface area (Å²) in [6.45, 7) is 0.857. The summed E-state index contributed by atoms with van der Waals surface area (Å²) in [5, 5.41) is 2.60. The van der Waals surface area contributed by atoms with Crippen LogP contribution in [0.5, 0.6) is 0 Å². The quantitative estimate of drug-likeness (QED) is 0.757. The van der Waals surface area contributed by atoms with Crippen LogP contribution in [-0.2, 0) is 21.3 Å². The molecule has 6 nitrogen and oxygen atoms in total. The van der Waals surface area contributed by atoms with Gasteiger partial charge in [-0.1, -0.05) is 24.3 Å². The summed E-state index contributed by atoms with van der Waals surface area (Å²) in [5.74, 6) is -0.887. The van der Waals surface area contributed by atoms with Crippen molar-refractivity contribution in [3.8, 4) is 0 Å². The number of halogens is 1. The Morgan fingerprint density at radius 1 is 1.19 bits per heavy atom. The van der Waals surface area contributed by atoms with Gasteiger partial charge in [0.15, 0.2) is 0 Å². The molecular weight excluding hydrogens is 371 g/mol. The molecule has 2 aromatic rings. The number of amides is 1. The summed E-state index contributed by atoms with van der Waals surface area (Å²) >= 11 is 0. The predicted octanol–water partition coefficient (Wildman–Crippen LogP) is 2.21. The Balaban J connectivity index is 1.65. The Morgan fingerprint density at radius 2 is 2.00 bits per heavy atom. The first-order chi connectivity index (χ1) is 13.0. The van der Waals surface area contributed by atoms with Crippen LogP contribution in [0.4, 0.5) is 4.39 Å². The van der Waals surface area contributed by atoms with Gasteiger partial charge in [0.05, 0.1) is 11.0 Å². The minimum absolute atomic E-state index is 0.000890. The van der Waals surface area contributed by atoms with Gasteiger partial charge in [0.25, 0.3) is 5.91 Å². The Morgan fingerprint density at radius 3 is 2.74 bits per heavy atom. The van der Waals surface area contributed by atoms with Gasteiger partial charge in [-0.2, -0.15) is 0 Å². The second-order valence-electron chi connectivity index (χ2n) is 6.29. The topological polar surface area (TPSA) is 84.5 Å². The normalized spacial score (nSPS) is 17.0. The summed E-state index contributed by atoms with van der Waals surface area (Å²) in [5.41, 5.74) is 0.541. The van der Waals surface area contributed by atoms with Gasteiger partial charge in [-0.25, -0.2) is 17.5 Å². The fraction of sp³-hybridized carbons (Fsp3) is 0.316. The Hall–Kier alpha value is -2.29. The lowest BCUT2D eigenvalue weighted by Gasteiger charge is -2.12. The molecule has 1 saturated heterocycles. The molecule has 0 spiro atoms. The lowest BCUT2D eigenvalue weighted by Crippen LogP contribution is -2.32. The molecule has 27 heavy (non-hydrogen) atoms. The molecule has 2 N–H and O–H groups in total. The van der Waals surface area contributed by atoms with Crippen molar-refractivity contribution in [2.45, 2.75) is 30.4 Å². The first-order valence-electron chi connectivity index (χ1n) is 8.68. The van der Waals surface area contributed by atoms with Crippen LogP contribution in [0.3, 0.4) is 0 Å². The van der Waals surface area contributed by atoms with Crippen LogP contribution in [0, 0.1) is 5.82 Å². The van der Waals surface area contributed by atoms with Crippen molar-refractivity contribution in [2.75, 3.05) is 13.2 Å². The van der Waals surface area contributed by atoms with E-state index in [1.54, 1.807) is 18.2 Å². The standard InChI is InChI=1S/C19H21FN2O4S/c20-18-9-2-1-5-15(18)12-21-19(23)14-6-3-8-17(11-14)27(24,25)22-13-16-7-4-10-26-16/h1-3,5-6,8-9,11,16,22H,4,7,10,12-13H2,(H,21,23). The summed E-state index contributed by atoms with van der Waals surface area (Å²) in [6, 6.07) is 11.9. The maximum absolute atomic E-state index is 13.6. The molecule has 1 unspecified atom stereocenters. The largest absolute Gasteiger partial charge is 0.377 e. The number of rotatable bonds is 7.